The number of carboxylic acid groups (broad SMARTS) is 1. The van der Waals surface area contributed by atoms with Gasteiger partial charge in [0.25, 0.3) is 5.56 Å². The summed E-state index contributed by atoms with van der Waals surface area (Å²) >= 11 is 0. The van der Waals surface area contributed by atoms with Crippen LogP contribution in [0.1, 0.15) is 12.5 Å². The van der Waals surface area contributed by atoms with Gasteiger partial charge in [-0.2, -0.15) is 5.10 Å². The third kappa shape index (κ3) is 4.43. The third-order valence-corrected chi connectivity index (χ3v) is 5.30. The SMILES string of the molecule is CC#CCn1c(N2CCN(C(=O)O)CC2)nc2cnn(COCc3ccccc3)c(=O)c21. The Bertz CT molecular complexity index is 1220. The van der Waals surface area contributed by atoms with E-state index < -0.39 is 6.09 Å². The summed E-state index contributed by atoms with van der Waals surface area (Å²) in [5.74, 6) is 6.45. The Balaban J connectivity index is 1.61. The first-order chi connectivity index (χ1) is 15.6. The van der Waals surface area contributed by atoms with Crippen LogP contribution in [-0.2, 0) is 24.6 Å². The van der Waals surface area contributed by atoms with Crippen LogP contribution in [0.5, 0.6) is 0 Å². The van der Waals surface area contributed by atoms with E-state index in [1.54, 1.807) is 17.7 Å². The first kappa shape index (κ1) is 21.4. The highest BCUT2D eigenvalue weighted by Crippen LogP contribution is 2.21. The Hall–Kier alpha value is -3.84. The van der Waals surface area contributed by atoms with Crippen molar-refractivity contribution in [3.8, 4) is 11.8 Å². The van der Waals surface area contributed by atoms with Crippen molar-refractivity contribution in [2.24, 2.45) is 0 Å². The number of amides is 1. The molecule has 4 rings (SSSR count). The van der Waals surface area contributed by atoms with E-state index in [0.29, 0.717) is 56.3 Å². The predicted molar refractivity (Wildman–Crippen MR) is 118 cm³/mol. The minimum absolute atomic E-state index is 0.0148. The monoisotopic (exact) mass is 436 g/mol. The molecule has 0 spiro atoms. The normalized spacial score (nSPS) is 13.8. The summed E-state index contributed by atoms with van der Waals surface area (Å²) < 4.78 is 8.74. The average Bonchev–Trinajstić information content (AvgIpc) is 3.19. The molecule has 32 heavy (non-hydrogen) atoms. The fourth-order valence-corrected chi connectivity index (χ4v) is 3.64. The minimum Gasteiger partial charge on any atom is -0.465 e. The highest BCUT2D eigenvalue weighted by Gasteiger charge is 2.25. The Labute approximate surface area is 184 Å². The molecule has 0 aliphatic carbocycles. The van der Waals surface area contributed by atoms with Gasteiger partial charge in [-0.3, -0.25) is 9.36 Å². The van der Waals surface area contributed by atoms with Crippen molar-refractivity contribution in [1.29, 1.82) is 0 Å². The van der Waals surface area contributed by atoms with Crippen molar-refractivity contribution in [2.75, 3.05) is 31.1 Å². The Morgan fingerprint density at radius 2 is 1.94 bits per heavy atom. The lowest BCUT2D eigenvalue weighted by Crippen LogP contribution is -2.49. The number of fused-ring (bicyclic) bond motifs is 1. The Morgan fingerprint density at radius 3 is 2.62 bits per heavy atom. The second kappa shape index (κ2) is 9.53. The summed E-state index contributed by atoms with van der Waals surface area (Å²) in [4.78, 5) is 32.4. The second-order valence-electron chi connectivity index (χ2n) is 7.33. The van der Waals surface area contributed by atoms with Crippen molar-refractivity contribution >= 4 is 23.1 Å². The fourth-order valence-electron chi connectivity index (χ4n) is 3.64. The number of piperazine rings is 1. The molecule has 1 saturated heterocycles. The van der Waals surface area contributed by atoms with Gasteiger partial charge in [0.05, 0.1) is 19.3 Å². The Kier molecular flexibility index (Phi) is 6.37. The number of hydrogen-bond donors (Lipinski definition) is 1. The van der Waals surface area contributed by atoms with Crippen LogP contribution in [0.15, 0.2) is 41.3 Å². The van der Waals surface area contributed by atoms with E-state index >= 15 is 0 Å². The molecule has 1 aliphatic heterocycles. The first-order valence-corrected chi connectivity index (χ1v) is 10.3. The molecule has 3 aromatic rings. The average molecular weight is 436 g/mol. The van der Waals surface area contributed by atoms with Gasteiger partial charge in [0.15, 0.2) is 0 Å². The number of rotatable bonds is 6. The molecule has 0 saturated carbocycles. The molecule has 10 heteroatoms. The first-order valence-electron chi connectivity index (χ1n) is 10.3. The number of anilines is 1. The molecule has 1 N–H and O–H groups in total. The van der Waals surface area contributed by atoms with Gasteiger partial charge in [-0.25, -0.2) is 14.5 Å². The predicted octanol–water partition coefficient (Wildman–Crippen LogP) is 1.59. The molecule has 0 radical (unpaired) electrons. The Morgan fingerprint density at radius 1 is 1.19 bits per heavy atom. The number of hydrogen-bond acceptors (Lipinski definition) is 6. The van der Waals surface area contributed by atoms with E-state index in [0.717, 1.165) is 5.56 Å². The smallest absolute Gasteiger partial charge is 0.407 e. The summed E-state index contributed by atoms with van der Waals surface area (Å²) in [6, 6.07) is 9.70. The van der Waals surface area contributed by atoms with E-state index in [9.17, 15) is 14.7 Å². The quantitative estimate of drug-likeness (QED) is 0.585. The maximum Gasteiger partial charge on any atom is 0.407 e. The lowest BCUT2D eigenvalue weighted by atomic mass is 10.2. The van der Waals surface area contributed by atoms with Gasteiger partial charge in [-0.1, -0.05) is 36.3 Å². The molecular formula is C22H24N6O4. The van der Waals surface area contributed by atoms with Crippen LogP contribution in [-0.4, -0.2) is 61.6 Å². The van der Waals surface area contributed by atoms with E-state index in [4.69, 9.17) is 4.74 Å². The largest absolute Gasteiger partial charge is 0.465 e. The van der Waals surface area contributed by atoms with Gasteiger partial charge >= 0.3 is 6.09 Å². The molecule has 10 nitrogen and oxygen atoms in total. The van der Waals surface area contributed by atoms with Crippen molar-refractivity contribution in [3.05, 3.63) is 52.4 Å². The fraction of sp³-hybridized carbons (Fsp3) is 0.364. The molecule has 0 atom stereocenters. The molecule has 1 fully saturated rings. The van der Waals surface area contributed by atoms with Gasteiger partial charge in [-0.05, 0) is 12.5 Å². The minimum atomic E-state index is -0.933. The highest BCUT2D eigenvalue weighted by molar-refractivity contribution is 5.77. The number of carbonyl (C=O) groups is 1. The maximum absolute atomic E-state index is 13.2. The van der Waals surface area contributed by atoms with Crippen molar-refractivity contribution in [1.82, 2.24) is 24.2 Å². The zero-order valence-corrected chi connectivity index (χ0v) is 17.8. The lowest BCUT2D eigenvalue weighted by Gasteiger charge is -2.33. The molecule has 0 unspecified atom stereocenters. The number of benzene rings is 1. The van der Waals surface area contributed by atoms with Crippen LogP contribution in [0, 0.1) is 11.8 Å². The molecule has 1 amide bonds. The lowest BCUT2D eigenvalue weighted by molar-refractivity contribution is 0.0532. The topological polar surface area (TPSA) is 106 Å². The standard InChI is InChI=1S/C22H24N6O4/c1-2-3-9-27-19-18(24-21(27)25-10-12-26(13-11-25)22(30)31)14-23-28(20(19)29)16-32-15-17-7-5-4-6-8-17/h4-8,14H,9-13,15-16H2,1H3,(H,30,31). The van der Waals surface area contributed by atoms with Crippen LogP contribution in [0.4, 0.5) is 10.7 Å². The number of nitrogens with zero attached hydrogens (tertiary/aromatic N) is 6. The third-order valence-electron chi connectivity index (χ3n) is 5.30. The molecule has 1 aromatic carbocycles. The van der Waals surface area contributed by atoms with Crippen molar-refractivity contribution in [2.45, 2.75) is 26.8 Å². The summed E-state index contributed by atoms with van der Waals surface area (Å²) in [6.45, 7) is 4.12. The molecule has 3 heterocycles. The summed E-state index contributed by atoms with van der Waals surface area (Å²) in [6.07, 6.45) is 0.618. The van der Waals surface area contributed by atoms with Crippen LogP contribution in [0.25, 0.3) is 11.0 Å². The van der Waals surface area contributed by atoms with Crippen molar-refractivity contribution in [3.63, 3.8) is 0 Å². The van der Waals surface area contributed by atoms with Crippen molar-refractivity contribution < 1.29 is 14.6 Å². The second-order valence-corrected chi connectivity index (χ2v) is 7.33. The molecule has 0 bridgehead atoms. The van der Waals surface area contributed by atoms with Gasteiger partial charge in [-0.15, -0.1) is 5.92 Å². The van der Waals surface area contributed by atoms with Crippen LogP contribution >= 0.6 is 0 Å². The highest BCUT2D eigenvalue weighted by atomic mass is 16.5. The van der Waals surface area contributed by atoms with Crippen LogP contribution in [0.3, 0.4) is 0 Å². The molecule has 1 aliphatic rings. The van der Waals surface area contributed by atoms with Crippen LogP contribution in [0.2, 0.25) is 0 Å². The van der Waals surface area contributed by atoms with E-state index in [2.05, 4.69) is 21.9 Å². The summed E-state index contributed by atoms with van der Waals surface area (Å²) in [5, 5.41) is 13.4. The molecule has 166 valence electrons. The molecular weight excluding hydrogens is 412 g/mol. The zero-order chi connectivity index (χ0) is 22.5. The van der Waals surface area contributed by atoms with Gasteiger partial charge in [0.2, 0.25) is 5.95 Å². The molecule has 2 aromatic heterocycles. The number of imidazole rings is 1. The zero-order valence-electron chi connectivity index (χ0n) is 17.8. The van der Waals surface area contributed by atoms with Gasteiger partial charge in [0.1, 0.15) is 17.8 Å². The van der Waals surface area contributed by atoms with Crippen LogP contribution < -0.4 is 10.5 Å². The van der Waals surface area contributed by atoms with Gasteiger partial charge in [0, 0.05) is 26.2 Å². The van der Waals surface area contributed by atoms with E-state index in [1.807, 2.05) is 35.2 Å². The van der Waals surface area contributed by atoms with E-state index in [-0.39, 0.29) is 12.3 Å². The number of aromatic nitrogens is 4. The maximum atomic E-state index is 13.2. The summed E-state index contributed by atoms with van der Waals surface area (Å²) in [5.41, 5.74) is 1.58. The van der Waals surface area contributed by atoms with E-state index in [1.165, 1.54) is 9.58 Å². The van der Waals surface area contributed by atoms with Gasteiger partial charge < -0.3 is 19.6 Å². The number of ether oxygens (including phenoxy) is 1. The summed E-state index contributed by atoms with van der Waals surface area (Å²) in [7, 11) is 0.